The summed E-state index contributed by atoms with van der Waals surface area (Å²) >= 11 is 0. The summed E-state index contributed by atoms with van der Waals surface area (Å²) in [6, 6.07) is 13.0. The van der Waals surface area contributed by atoms with E-state index in [4.69, 9.17) is 0 Å². The minimum Gasteiger partial charge on any atom is -0.348 e. The Morgan fingerprint density at radius 2 is 1.83 bits per heavy atom. The number of amides is 1. The Kier molecular flexibility index (Phi) is 4.67. The molecule has 0 radical (unpaired) electrons. The second-order valence-electron chi connectivity index (χ2n) is 5.84. The van der Waals surface area contributed by atoms with Crippen LogP contribution in [0.2, 0.25) is 0 Å². The largest absolute Gasteiger partial charge is 0.348 e. The predicted molar refractivity (Wildman–Crippen MR) is 83.9 cm³/mol. The van der Waals surface area contributed by atoms with E-state index >= 15 is 0 Å². The van der Waals surface area contributed by atoms with Crippen LogP contribution in [0.3, 0.4) is 0 Å². The van der Waals surface area contributed by atoms with Gasteiger partial charge in [0.05, 0.1) is 0 Å². The molecule has 3 nitrogen and oxygen atoms in total. The van der Waals surface area contributed by atoms with E-state index in [2.05, 4.69) is 22.3 Å². The van der Waals surface area contributed by atoms with E-state index in [1.807, 2.05) is 18.2 Å². The molecule has 0 aromatic heterocycles. The molecular weight excluding hydrogens is 298 g/mol. The number of carbonyl (C=O) groups excluding carboxylic acids is 1. The van der Waals surface area contributed by atoms with Gasteiger partial charge in [0.2, 0.25) is 0 Å². The van der Waals surface area contributed by atoms with Gasteiger partial charge in [0.25, 0.3) is 5.91 Å². The lowest BCUT2D eigenvalue weighted by Gasteiger charge is -2.17. The van der Waals surface area contributed by atoms with Crippen LogP contribution in [0.25, 0.3) is 0 Å². The van der Waals surface area contributed by atoms with Crippen molar-refractivity contribution in [2.75, 3.05) is 13.1 Å². The third-order valence-electron chi connectivity index (χ3n) is 3.98. The van der Waals surface area contributed by atoms with Gasteiger partial charge in [-0.2, -0.15) is 0 Å². The van der Waals surface area contributed by atoms with Crippen molar-refractivity contribution < 1.29 is 13.6 Å². The van der Waals surface area contributed by atoms with Crippen molar-refractivity contribution in [2.24, 2.45) is 0 Å². The smallest absolute Gasteiger partial charge is 0.251 e. The number of carbonyl (C=O) groups is 1. The molecule has 0 aliphatic carbocycles. The zero-order chi connectivity index (χ0) is 16.2. The number of halogens is 2. The van der Waals surface area contributed by atoms with E-state index in [-0.39, 0.29) is 11.6 Å². The highest BCUT2D eigenvalue weighted by Gasteiger charge is 2.24. The minimum absolute atomic E-state index is 0.00228. The Morgan fingerprint density at radius 3 is 2.52 bits per heavy atom. The summed E-state index contributed by atoms with van der Waals surface area (Å²) in [5, 5.41) is 2.85. The highest BCUT2D eigenvalue weighted by atomic mass is 19.1. The molecule has 120 valence electrons. The van der Waals surface area contributed by atoms with Gasteiger partial charge in [0, 0.05) is 37.3 Å². The molecule has 3 rings (SSSR count). The van der Waals surface area contributed by atoms with Crippen LogP contribution in [0.15, 0.2) is 48.5 Å². The molecule has 1 saturated heterocycles. The van der Waals surface area contributed by atoms with Crippen molar-refractivity contribution in [1.29, 1.82) is 0 Å². The number of nitrogens with zero attached hydrogens (tertiary/aromatic N) is 1. The van der Waals surface area contributed by atoms with Crippen molar-refractivity contribution >= 4 is 5.91 Å². The third-order valence-corrected chi connectivity index (χ3v) is 3.98. The number of hydrogen-bond acceptors (Lipinski definition) is 2. The molecule has 1 unspecified atom stereocenters. The van der Waals surface area contributed by atoms with Gasteiger partial charge in [0.1, 0.15) is 11.6 Å². The van der Waals surface area contributed by atoms with Crippen molar-refractivity contribution in [3.63, 3.8) is 0 Å². The maximum Gasteiger partial charge on any atom is 0.251 e. The zero-order valence-corrected chi connectivity index (χ0v) is 12.6. The van der Waals surface area contributed by atoms with E-state index in [1.54, 1.807) is 0 Å². The Balaban J connectivity index is 1.56. The van der Waals surface area contributed by atoms with Gasteiger partial charge in [-0.25, -0.2) is 8.78 Å². The van der Waals surface area contributed by atoms with Crippen molar-refractivity contribution in [1.82, 2.24) is 10.2 Å². The lowest BCUT2D eigenvalue weighted by atomic mass is 10.1. The zero-order valence-electron chi connectivity index (χ0n) is 12.6. The van der Waals surface area contributed by atoms with Crippen molar-refractivity contribution in [3.8, 4) is 0 Å². The van der Waals surface area contributed by atoms with Gasteiger partial charge >= 0.3 is 0 Å². The fourth-order valence-electron chi connectivity index (χ4n) is 2.89. The highest BCUT2D eigenvalue weighted by Crippen LogP contribution is 2.15. The van der Waals surface area contributed by atoms with Crippen LogP contribution in [0.4, 0.5) is 8.78 Å². The van der Waals surface area contributed by atoms with Crippen LogP contribution in [0.5, 0.6) is 0 Å². The molecule has 1 N–H and O–H groups in total. The predicted octanol–water partition coefficient (Wildman–Crippen LogP) is 2.97. The van der Waals surface area contributed by atoms with E-state index in [1.165, 1.54) is 5.56 Å². The number of benzene rings is 2. The normalized spacial score (nSPS) is 18.1. The standard InChI is InChI=1S/C18H18F2N2O/c19-15-8-14(9-16(20)10-15)18(23)21-17-6-7-22(12-17)11-13-4-2-1-3-5-13/h1-5,8-10,17H,6-7,11-12H2,(H,21,23). The molecule has 0 spiro atoms. The average Bonchev–Trinajstić information content (AvgIpc) is 2.94. The molecule has 1 aliphatic heterocycles. The summed E-state index contributed by atoms with van der Waals surface area (Å²) in [4.78, 5) is 14.4. The first-order valence-electron chi connectivity index (χ1n) is 7.63. The molecule has 1 amide bonds. The number of likely N-dealkylation sites (tertiary alicyclic amines) is 1. The summed E-state index contributed by atoms with van der Waals surface area (Å²) in [5.41, 5.74) is 1.25. The lowest BCUT2D eigenvalue weighted by Crippen LogP contribution is -2.37. The van der Waals surface area contributed by atoms with Gasteiger partial charge in [-0.15, -0.1) is 0 Å². The molecular formula is C18H18F2N2O. The number of hydrogen-bond donors (Lipinski definition) is 1. The van der Waals surface area contributed by atoms with Crippen LogP contribution in [0.1, 0.15) is 22.3 Å². The molecule has 5 heteroatoms. The van der Waals surface area contributed by atoms with Crippen LogP contribution < -0.4 is 5.32 Å². The van der Waals surface area contributed by atoms with Crippen LogP contribution in [-0.2, 0) is 6.54 Å². The van der Waals surface area contributed by atoms with Gasteiger partial charge in [-0.1, -0.05) is 30.3 Å². The van der Waals surface area contributed by atoms with E-state index < -0.39 is 17.5 Å². The Bertz CT molecular complexity index is 670. The van der Waals surface area contributed by atoms with E-state index in [0.29, 0.717) is 0 Å². The fourth-order valence-corrected chi connectivity index (χ4v) is 2.89. The summed E-state index contributed by atoms with van der Waals surface area (Å²) in [6.45, 7) is 2.46. The maximum absolute atomic E-state index is 13.2. The summed E-state index contributed by atoms with van der Waals surface area (Å²) in [6.07, 6.45) is 0.830. The molecule has 1 atom stereocenters. The lowest BCUT2D eigenvalue weighted by molar-refractivity contribution is 0.0936. The number of rotatable bonds is 4. The molecule has 0 bridgehead atoms. The topological polar surface area (TPSA) is 32.3 Å². The summed E-state index contributed by atoms with van der Waals surface area (Å²) in [5.74, 6) is -1.92. The first kappa shape index (κ1) is 15.6. The first-order chi connectivity index (χ1) is 11.1. The molecule has 1 heterocycles. The monoisotopic (exact) mass is 316 g/mol. The van der Waals surface area contributed by atoms with Gasteiger partial charge in [-0.3, -0.25) is 9.69 Å². The van der Waals surface area contributed by atoms with Crippen LogP contribution in [-0.4, -0.2) is 29.9 Å². The SMILES string of the molecule is O=C(NC1CCN(Cc2ccccc2)C1)c1cc(F)cc(F)c1. The molecule has 2 aromatic rings. The second kappa shape index (κ2) is 6.87. The van der Waals surface area contributed by atoms with Crippen molar-refractivity contribution in [3.05, 3.63) is 71.3 Å². The Hall–Kier alpha value is -2.27. The minimum atomic E-state index is -0.743. The first-order valence-corrected chi connectivity index (χ1v) is 7.63. The molecule has 0 saturated carbocycles. The van der Waals surface area contributed by atoms with Crippen LogP contribution >= 0.6 is 0 Å². The Morgan fingerprint density at radius 1 is 1.13 bits per heavy atom. The highest BCUT2D eigenvalue weighted by molar-refractivity contribution is 5.94. The molecule has 1 aliphatic rings. The fraction of sp³-hybridized carbons (Fsp3) is 0.278. The summed E-state index contributed by atoms with van der Waals surface area (Å²) < 4.78 is 26.4. The van der Waals surface area contributed by atoms with Gasteiger partial charge < -0.3 is 5.32 Å². The molecule has 1 fully saturated rings. The van der Waals surface area contributed by atoms with Gasteiger partial charge in [0.15, 0.2) is 0 Å². The second-order valence-corrected chi connectivity index (χ2v) is 5.84. The van der Waals surface area contributed by atoms with Crippen molar-refractivity contribution in [2.45, 2.75) is 19.0 Å². The van der Waals surface area contributed by atoms with Crippen LogP contribution in [0, 0.1) is 11.6 Å². The molecule has 23 heavy (non-hydrogen) atoms. The number of nitrogens with one attached hydrogen (secondary N) is 1. The third kappa shape index (κ3) is 4.13. The van der Waals surface area contributed by atoms with Gasteiger partial charge in [-0.05, 0) is 24.1 Å². The maximum atomic E-state index is 13.2. The average molecular weight is 316 g/mol. The molecule has 2 aromatic carbocycles. The summed E-state index contributed by atoms with van der Waals surface area (Å²) in [7, 11) is 0. The van der Waals surface area contributed by atoms with E-state index in [0.717, 1.165) is 44.3 Å². The quantitative estimate of drug-likeness (QED) is 0.940. The van der Waals surface area contributed by atoms with E-state index in [9.17, 15) is 13.6 Å². The Labute approximate surface area is 133 Å².